The molecule has 8 nitrogen and oxygen atoms in total. The van der Waals surface area contributed by atoms with Crippen molar-refractivity contribution in [3.63, 3.8) is 0 Å². The van der Waals surface area contributed by atoms with E-state index in [1.165, 1.54) is 11.1 Å². The molecule has 1 aliphatic carbocycles. The first kappa shape index (κ1) is 24.0. The molecule has 0 heterocycles. The van der Waals surface area contributed by atoms with Gasteiger partial charge in [-0.2, -0.15) is 0 Å². The second kappa shape index (κ2) is 10.8. The molecule has 1 aliphatic rings. The van der Waals surface area contributed by atoms with Crippen LogP contribution in [0.4, 0.5) is 4.79 Å². The van der Waals surface area contributed by atoms with Crippen molar-refractivity contribution in [3.05, 3.63) is 95.1 Å². The van der Waals surface area contributed by atoms with Crippen LogP contribution < -0.4 is 10.6 Å². The van der Waals surface area contributed by atoms with Gasteiger partial charge in [-0.3, -0.25) is 4.79 Å². The minimum atomic E-state index is -1.36. The predicted octanol–water partition coefficient (Wildman–Crippen LogP) is 2.94. The van der Waals surface area contributed by atoms with E-state index in [1.807, 2.05) is 24.3 Å². The lowest BCUT2D eigenvalue weighted by molar-refractivity contribution is -0.140. The molecule has 180 valence electrons. The molecule has 0 aromatic heterocycles. The quantitative estimate of drug-likeness (QED) is 0.378. The van der Waals surface area contributed by atoms with Crippen molar-refractivity contribution in [1.29, 1.82) is 0 Å². The highest BCUT2D eigenvalue weighted by atomic mass is 16.5. The zero-order chi connectivity index (χ0) is 24.8. The number of hydrogen-bond acceptors (Lipinski definition) is 5. The second-order valence-electron chi connectivity index (χ2n) is 8.25. The number of aliphatic hydroxyl groups excluding tert-OH is 1. The second-order valence-corrected chi connectivity index (χ2v) is 8.25. The molecule has 0 saturated heterocycles. The summed E-state index contributed by atoms with van der Waals surface area (Å²) in [4.78, 5) is 35.3. The van der Waals surface area contributed by atoms with Gasteiger partial charge < -0.3 is 25.6 Å². The predicted molar refractivity (Wildman–Crippen MR) is 129 cm³/mol. The van der Waals surface area contributed by atoms with E-state index in [-0.39, 0.29) is 18.1 Å². The van der Waals surface area contributed by atoms with Gasteiger partial charge in [0.25, 0.3) is 5.91 Å². The molecule has 0 radical (unpaired) electrons. The van der Waals surface area contributed by atoms with E-state index in [4.69, 9.17) is 14.9 Å². The van der Waals surface area contributed by atoms with Gasteiger partial charge in [0.15, 0.2) is 6.04 Å². The van der Waals surface area contributed by atoms with Gasteiger partial charge in [-0.05, 0) is 46.4 Å². The number of hydrogen-bond donors (Lipinski definition) is 4. The van der Waals surface area contributed by atoms with E-state index in [2.05, 4.69) is 34.9 Å². The average Bonchev–Trinajstić information content (AvgIpc) is 3.20. The van der Waals surface area contributed by atoms with Crippen molar-refractivity contribution >= 4 is 18.0 Å². The molecule has 0 unspecified atom stereocenters. The van der Waals surface area contributed by atoms with Gasteiger partial charge in [0, 0.05) is 18.0 Å². The maximum atomic E-state index is 12.3. The lowest BCUT2D eigenvalue weighted by Gasteiger charge is -2.14. The number of rotatable bonds is 9. The number of carboxylic acids is 1. The Morgan fingerprint density at radius 1 is 0.886 bits per heavy atom. The maximum absolute atomic E-state index is 12.3. The van der Waals surface area contributed by atoms with Crippen LogP contribution in [-0.4, -0.2) is 54.0 Å². The summed E-state index contributed by atoms with van der Waals surface area (Å²) in [5.74, 6) is -1.90. The molecule has 1 atom stereocenters. The molecular weight excluding hydrogens is 448 g/mol. The van der Waals surface area contributed by atoms with E-state index in [0.29, 0.717) is 13.0 Å². The van der Waals surface area contributed by atoms with Crippen LogP contribution in [0.3, 0.4) is 0 Å². The normalized spacial score (nSPS) is 12.8. The maximum Gasteiger partial charge on any atom is 0.407 e. The lowest BCUT2D eigenvalue weighted by atomic mass is 9.98. The first-order valence-corrected chi connectivity index (χ1v) is 11.3. The van der Waals surface area contributed by atoms with E-state index in [9.17, 15) is 14.4 Å². The number of carbonyl (C=O) groups excluding carboxylic acids is 2. The minimum Gasteiger partial charge on any atom is -0.480 e. The van der Waals surface area contributed by atoms with Crippen LogP contribution in [0.5, 0.6) is 0 Å². The van der Waals surface area contributed by atoms with Gasteiger partial charge >= 0.3 is 12.1 Å². The van der Waals surface area contributed by atoms with Crippen molar-refractivity contribution in [3.8, 4) is 11.1 Å². The number of amides is 2. The first-order chi connectivity index (χ1) is 17.0. The van der Waals surface area contributed by atoms with Crippen LogP contribution in [0.25, 0.3) is 11.1 Å². The molecule has 35 heavy (non-hydrogen) atoms. The number of nitrogens with one attached hydrogen (secondary N) is 2. The fourth-order valence-corrected chi connectivity index (χ4v) is 4.21. The summed E-state index contributed by atoms with van der Waals surface area (Å²) in [7, 11) is 0. The van der Waals surface area contributed by atoms with Crippen LogP contribution in [-0.2, 0) is 16.0 Å². The Morgan fingerprint density at radius 3 is 2.06 bits per heavy atom. The summed E-state index contributed by atoms with van der Waals surface area (Å²) in [6.45, 7) is -0.0939. The summed E-state index contributed by atoms with van der Waals surface area (Å²) >= 11 is 0. The highest BCUT2D eigenvalue weighted by molar-refractivity contribution is 5.96. The van der Waals surface area contributed by atoms with Crippen molar-refractivity contribution in [2.24, 2.45) is 0 Å². The number of fused-ring (bicyclic) bond motifs is 3. The Bertz CT molecular complexity index is 1180. The van der Waals surface area contributed by atoms with Gasteiger partial charge in [0.1, 0.15) is 6.61 Å². The van der Waals surface area contributed by atoms with Gasteiger partial charge in [-0.25, -0.2) is 9.59 Å². The lowest BCUT2D eigenvalue weighted by Crippen LogP contribution is -2.43. The molecule has 2 amide bonds. The fourth-order valence-electron chi connectivity index (χ4n) is 4.21. The minimum absolute atomic E-state index is 0.00148. The summed E-state index contributed by atoms with van der Waals surface area (Å²) in [5, 5.41) is 22.9. The van der Waals surface area contributed by atoms with E-state index < -0.39 is 30.6 Å². The van der Waals surface area contributed by atoms with E-state index >= 15 is 0 Å². The molecular formula is C27H26N2O6. The Hall–Kier alpha value is -4.17. The fraction of sp³-hybridized carbons (Fsp3) is 0.222. The van der Waals surface area contributed by atoms with E-state index in [0.717, 1.165) is 16.7 Å². The van der Waals surface area contributed by atoms with Crippen LogP contribution in [0, 0.1) is 0 Å². The standard InChI is InChI=1S/C27H26N2O6/c30-15-24(26(32)33)29-25(31)18-11-9-17(10-12-18)13-14-28-27(34)35-16-23-21-7-3-1-5-19(21)20-6-2-4-8-22(20)23/h1-12,23-24,30H,13-16H2,(H,28,34)(H,29,31)(H,32,33)/t24-/m1/s1. The van der Waals surface area contributed by atoms with Crippen LogP contribution in [0.2, 0.25) is 0 Å². The van der Waals surface area contributed by atoms with E-state index in [1.54, 1.807) is 24.3 Å². The molecule has 0 spiro atoms. The largest absolute Gasteiger partial charge is 0.480 e. The molecule has 0 aliphatic heterocycles. The topological polar surface area (TPSA) is 125 Å². The van der Waals surface area contributed by atoms with Crippen LogP contribution in [0.1, 0.15) is 33.0 Å². The SMILES string of the molecule is O=C(NCCc1ccc(C(=O)N[C@H](CO)C(=O)O)cc1)OCC1c2ccccc2-c2ccccc21. The van der Waals surface area contributed by atoms with Gasteiger partial charge in [-0.15, -0.1) is 0 Å². The van der Waals surface area contributed by atoms with Crippen LogP contribution >= 0.6 is 0 Å². The zero-order valence-electron chi connectivity index (χ0n) is 18.9. The monoisotopic (exact) mass is 474 g/mol. The van der Waals surface area contributed by atoms with Gasteiger partial charge in [0.05, 0.1) is 6.61 Å². The highest BCUT2D eigenvalue weighted by Crippen LogP contribution is 2.44. The van der Waals surface area contributed by atoms with Gasteiger partial charge in [-0.1, -0.05) is 60.7 Å². The Labute approximate surface area is 202 Å². The number of carbonyl (C=O) groups is 3. The summed E-state index contributed by atoms with van der Waals surface area (Å²) in [6.07, 6.45) is 0.0343. The highest BCUT2D eigenvalue weighted by Gasteiger charge is 2.29. The summed E-state index contributed by atoms with van der Waals surface area (Å²) < 4.78 is 5.52. The number of ether oxygens (including phenoxy) is 1. The number of aliphatic hydroxyl groups is 1. The number of alkyl carbamates (subject to hydrolysis) is 1. The molecule has 8 heteroatoms. The van der Waals surface area contributed by atoms with Crippen molar-refractivity contribution in [2.75, 3.05) is 19.8 Å². The smallest absolute Gasteiger partial charge is 0.407 e. The summed E-state index contributed by atoms with van der Waals surface area (Å²) in [5.41, 5.74) is 5.81. The molecule has 3 aromatic carbocycles. The molecule has 0 bridgehead atoms. The summed E-state index contributed by atoms with van der Waals surface area (Å²) in [6, 6.07) is 21.5. The molecule has 4 N–H and O–H groups in total. The third-order valence-corrected chi connectivity index (χ3v) is 6.03. The first-order valence-electron chi connectivity index (χ1n) is 11.3. The Balaban J connectivity index is 1.25. The average molecular weight is 475 g/mol. The Kier molecular flexibility index (Phi) is 7.42. The van der Waals surface area contributed by atoms with Crippen molar-refractivity contribution < 1.29 is 29.3 Å². The van der Waals surface area contributed by atoms with Crippen molar-refractivity contribution in [2.45, 2.75) is 18.4 Å². The Morgan fingerprint density at radius 2 is 1.49 bits per heavy atom. The number of carboxylic acid groups (broad SMARTS) is 1. The zero-order valence-corrected chi connectivity index (χ0v) is 18.9. The van der Waals surface area contributed by atoms with Crippen molar-refractivity contribution in [1.82, 2.24) is 10.6 Å². The molecule has 4 rings (SSSR count). The number of benzene rings is 3. The number of aliphatic carboxylic acids is 1. The molecule has 0 saturated carbocycles. The third kappa shape index (κ3) is 5.50. The molecule has 0 fully saturated rings. The molecule has 3 aromatic rings. The van der Waals surface area contributed by atoms with Crippen LogP contribution in [0.15, 0.2) is 72.8 Å². The third-order valence-electron chi connectivity index (χ3n) is 6.03. The van der Waals surface area contributed by atoms with Gasteiger partial charge in [0.2, 0.25) is 0 Å².